The van der Waals surface area contributed by atoms with Gasteiger partial charge in [0.25, 0.3) is 5.91 Å². The summed E-state index contributed by atoms with van der Waals surface area (Å²) in [6.45, 7) is 1.61. The molecule has 2 aliphatic rings. The molecule has 0 unspecified atom stereocenters. The van der Waals surface area contributed by atoms with Gasteiger partial charge in [0.2, 0.25) is 10.0 Å². The number of likely N-dealkylation sites (tertiary alicyclic amines) is 1. The highest BCUT2D eigenvalue weighted by Crippen LogP contribution is 2.36. The Morgan fingerprint density at radius 1 is 0.968 bits per heavy atom. The van der Waals surface area contributed by atoms with Gasteiger partial charge < -0.3 is 14.4 Å². The molecule has 0 aliphatic carbocycles. The zero-order chi connectivity index (χ0) is 22.0. The Morgan fingerprint density at radius 2 is 1.74 bits per heavy atom. The van der Waals surface area contributed by atoms with Crippen molar-refractivity contribution in [2.45, 2.75) is 36.6 Å². The van der Waals surface area contributed by atoms with Crippen molar-refractivity contribution in [2.75, 3.05) is 33.9 Å². The molecule has 2 fully saturated rings. The molecule has 0 spiro atoms. The van der Waals surface area contributed by atoms with Crippen LogP contribution in [0.3, 0.4) is 0 Å². The first-order chi connectivity index (χ1) is 15.0. The average molecular weight is 445 g/mol. The Kier molecular flexibility index (Phi) is 6.20. The van der Waals surface area contributed by atoms with Gasteiger partial charge in [-0.2, -0.15) is 4.31 Å². The van der Waals surface area contributed by atoms with Crippen LogP contribution in [-0.4, -0.2) is 57.4 Å². The maximum Gasteiger partial charge on any atom is 0.254 e. The van der Waals surface area contributed by atoms with Crippen LogP contribution in [0.5, 0.6) is 11.5 Å². The van der Waals surface area contributed by atoms with Crippen LogP contribution in [0.25, 0.3) is 0 Å². The maximum atomic E-state index is 13.4. The molecule has 1 atom stereocenters. The molecule has 2 aliphatic heterocycles. The number of methoxy groups -OCH3 is 2. The van der Waals surface area contributed by atoms with Crippen LogP contribution < -0.4 is 9.47 Å². The average Bonchev–Trinajstić information content (AvgIpc) is 3.51. The lowest BCUT2D eigenvalue weighted by Crippen LogP contribution is -2.31. The summed E-state index contributed by atoms with van der Waals surface area (Å²) in [5.74, 6) is 0.834. The number of hydrogen-bond donors (Lipinski definition) is 0. The molecule has 0 aromatic heterocycles. The SMILES string of the molecule is COc1cccc([C@@H]2CCCN2C(=O)c2ccc(OC)c(S(=O)(=O)N3CCCC3)c2)c1. The fourth-order valence-electron chi connectivity index (χ4n) is 4.45. The minimum Gasteiger partial charge on any atom is -0.497 e. The maximum absolute atomic E-state index is 13.4. The van der Waals surface area contributed by atoms with Crippen LogP contribution in [0.4, 0.5) is 0 Å². The zero-order valence-electron chi connectivity index (χ0n) is 17.9. The summed E-state index contributed by atoms with van der Waals surface area (Å²) in [4.78, 5) is 15.3. The van der Waals surface area contributed by atoms with E-state index in [1.807, 2.05) is 29.2 Å². The largest absolute Gasteiger partial charge is 0.497 e. The minimum absolute atomic E-state index is 0.0554. The van der Waals surface area contributed by atoms with Crippen molar-refractivity contribution in [2.24, 2.45) is 0 Å². The quantitative estimate of drug-likeness (QED) is 0.682. The fraction of sp³-hybridized carbons (Fsp3) is 0.435. The molecule has 0 bridgehead atoms. The number of carbonyl (C=O) groups excluding carboxylic acids is 1. The topological polar surface area (TPSA) is 76.1 Å². The Morgan fingerprint density at radius 3 is 2.45 bits per heavy atom. The molecule has 2 aromatic rings. The minimum atomic E-state index is -3.71. The molecule has 31 heavy (non-hydrogen) atoms. The number of sulfonamides is 1. The van der Waals surface area contributed by atoms with E-state index in [2.05, 4.69) is 0 Å². The third-order valence-electron chi connectivity index (χ3n) is 6.09. The molecule has 2 saturated heterocycles. The number of ether oxygens (including phenoxy) is 2. The molecular weight excluding hydrogens is 416 g/mol. The highest BCUT2D eigenvalue weighted by Gasteiger charge is 2.34. The molecule has 2 aromatic carbocycles. The number of rotatable bonds is 6. The van der Waals surface area contributed by atoms with Crippen molar-refractivity contribution < 1.29 is 22.7 Å². The fourth-order valence-corrected chi connectivity index (χ4v) is 6.15. The molecular formula is C23H28N2O5S. The van der Waals surface area contributed by atoms with Gasteiger partial charge >= 0.3 is 0 Å². The van der Waals surface area contributed by atoms with Crippen LogP contribution in [0, 0.1) is 0 Å². The summed E-state index contributed by atoms with van der Waals surface area (Å²) in [6, 6.07) is 12.4. The zero-order valence-corrected chi connectivity index (χ0v) is 18.7. The second-order valence-electron chi connectivity index (χ2n) is 7.91. The van der Waals surface area contributed by atoms with Crippen LogP contribution in [0.2, 0.25) is 0 Å². The first-order valence-corrected chi connectivity index (χ1v) is 12.0. The number of nitrogens with zero attached hydrogens (tertiary/aromatic N) is 2. The molecule has 0 radical (unpaired) electrons. The molecule has 166 valence electrons. The van der Waals surface area contributed by atoms with Gasteiger partial charge in [-0.1, -0.05) is 12.1 Å². The Balaban J connectivity index is 1.66. The monoisotopic (exact) mass is 444 g/mol. The molecule has 1 amide bonds. The molecule has 7 nitrogen and oxygen atoms in total. The van der Waals surface area contributed by atoms with Gasteiger partial charge in [-0.3, -0.25) is 4.79 Å². The van der Waals surface area contributed by atoms with Gasteiger partial charge in [0.15, 0.2) is 0 Å². The highest BCUT2D eigenvalue weighted by molar-refractivity contribution is 7.89. The Labute approximate surface area is 183 Å². The van der Waals surface area contributed by atoms with Gasteiger partial charge in [0, 0.05) is 25.2 Å². The lowest BCUT2D eigenvalue weighted by atomic mass is 10.0. The van der Waals surface area contributed by atoms with E-state index in [9.17, 15) is 13.2 Å². The summed E-state index contributed by atoms with van der Waals surface area (Å²) < 4.78 is 38.5. The summed E-state index contributed by atoms with van der Waals surface area (Å²) in [7, 11) is -0.650. The van der Waals surface area contributed by atoms with E-state index in [0.29, 0.717) is 25.2 Å². The van der Waals surface area contributed by atoms with Crippen LogP contribution in [0.15, 0.2) is 47.4 Å². The summed E-state index contributed by atoms with van der Waals surface area (Å²) >= 11 is 0. The van der Waals surface area contributed by atoms with Crippen molar-refractivity contribution >= 4 is 15.9 Å². The van der Waals surface area contributed by atoms with Gasteiger partial charge in [0.1, 0.15) is 16.4 Å². The van der Waals surface area contributed by atoms with Gasteiger partial charge in [-0.15, -0.1) is 0 Å². The molecule has 8 heteroatoms. The normalized spacial score (nSPS) is 19.5. The third-order valence-corrected chi connectivity index (χ3v) is 8.01. The lowest BCUT2D eigenvalue weighted by molar-refractivity contribution is 0.0735. The van der Waals surface area contributed by atoms with E-state index in [1.165, 1.54) is 17.5 Å². The van der Waals surface area contributed by atoms with Gasteiger partial charge in [0.05, 0.1) is 20.3 Å². The van der Waals surface area contributed by atoms with Crippen molar-refractivity contribution in [1.29, 1.82) is 0 Å². The van der Waals surface area contributed by atoms with E-state index in [4.69, 9.17) is 9.47 Å². The van der Waals surface area contributed by atoms with Crippen molar-refractivity contribution in [3.8, 4) is 11.5 Å². The predicted molar refractivity (Wildman–Crippen MR) is 117 cm³/mol. The number of benzene rings is 2. The predicted octanol–water partition coefficient (Wildman–Crippen LogP) is 3.47. The van der Waals surface area contributed by atoms with E-state index in [1.54, 1.807) is 19.2 Å². The smallest absolute Gasteiger partial charge is 0.254 e. The van der Waals surface area contributed by atoms with Crippen molar-refractivity contribution in [3.63, 3.8) is 0 Å². The summed E-state index contributed by atoms with van der Waals surface area (Å²) in [6.07, 6.45) is 3.43. The van der Waals surface area contributed by atoms with Crippen molar-refractivity contribution in [1.82, 2.24) is 9.21 Å². The van der Waals surface area contributed by atoms with E-state index in [0.717, 1.165) is 37.0 Å². The standard InChI is InChI=1S/C23H28N2O5S/c1-29-19-8-5-7-17(15-19)20-9-6-14-25(20)23(26)18-10-11-21(30-2)22(16-18)31(27,28)24-12-3-4-13-24/h5,7-8,10-11,15-16,20H,3-4,6,9,12-14H2,1-2H3/t20-/m0/s1. The first kappa shape index (κ1) is 21.6. The highest BCUT2D eigenvalue weighted by atomic mass is 32.2. The van der Waals surface area contributed by atoms with E-state index >= 15 is 0 Å². The second-order valence-corrected chi connectivity index (χ2v) is 9.82. The molecule has 0 N–H and O–H groups in total. The third kappa shape index (κ3) is 4.14. The second kappa shape index (κ2) is 8.88. The summed E-state index contributed by atoms with van der Waals surface area (Å²) in [5, 5.41) is 0. The molecule has 4 rings (SSSR count). The summed E-state index contributed by atoms with van der Waals surface area (Å²) in [5.41, 5.74) is 1.37. The Bertz CT molecular complexity index is 1060. The van der Waals surface area contributed by atoms with E-state index in [-0.39, 0.29) is 22.6 Å². The van der Waals surface area contributed by atoms with Crippen molar-refractivity contribution in [3.05, 3.63) is 53.6 Å². The number of hydrogen-bond acceptors (Lipinski definition) is 5. The number of carbonyl (C=O) groups is 1. The van der Waals surface area contributed by atoms with Crippen LogP contribution in [-0.2, 0) is 10.0 Å². The first-order valence-electron chi connectivity index (χ1n) is 10.6. The van der Waals surface area contributed by atoms with Gasteiger partial charge in [-0.05, 0) is 61.6 Å². The number of amides is 1. The Hall–Kier alpha value is -2.58. The van der Waals surface area contributed by atoms with E-state index < -0.39 is 10.0 Å². The van der Waals surface area contributed by atoms with Gasteiger partial charge in [-0.25, -0.2) is 8.42 Å². The van der Waals surface area contributed by atoms with Crippen LogP contribution >= 0.6 is 0 Å². The lowest BCUT2D eigenvalue weighted by Gasteiger charge is -2.26. The molecule has 0 saturated carbocycles. The van der Waals surface area contributed by atoms with Crippen LogP contribution in [0.1, 0.15) is 47.6 Å². The molecule has 2 heterocycles.